The molecule has 0 fully saturated rings. The van der Waals surface area contributed by atoms with Crippen molar-refractivity contribution in [2.75, 3.05) is 5.32 Å². The van der Waals surface area contributed by atoms with Gasteiger partial charge in [0.2, 0.25) is 0 Å². The van der Waals surface area contributed by atoms with Crippen LogP contribution in [0.3, 0.4) is 0 Å². The third-order valence-corrected chi connectivity index (χ3v) is 2.97. The maximum Gasteiger partial charge on any atom is 0.130 e. The molecule has 1 aromatic carbocycles. The summed E-state index contributed by atoms with van der Waals surface area (Å²) in [7, 11) is 0. The molecule has 4 heteroatoms. The molecule has 17 heavy (non-hydrogen) atoms. The van der Waals surface area contributed by atoms with Crippen LogP contribution in [-0.2, 0) is 0 Å². The Morgan fingerprint density at radius 1 is 1.29 bits per heavy atom. The van der Waals surface area contributed by atoms with Gasteiger partial charge in [0.1, 0.15) is 11.9 Å². The van der Waals surface area contributed by atoms with Gasteiger partial charge in [-0.25, -0.2) is 4.98 Å². The number of nitrogens with one attached hydrogen (secondary N) is 1. The van der Waals surface area contributed by atoms with Gasteiger partial charge >= 0.3 is 0 Å². The van der Waals surface area contributed by atoms with E-state index in [-0.39, 0.29) is 0 Å². The molecule has 0 bridgehead atoms. The fraction of sp³-hybridized carbons (Fsp3) is 0.0769. The predicted molar refractivity (Wildman–Crippen MR) is 71.1 cm³/mol. The molecule has 1 heterocycles. The summed E-state index contributed by atoms with van der Waals surface area (Å²) in [5.41, 5.74) is 2.69. The monoisotopic (exact) mass is 287 g/mol. The van der Waals surface area contributed by atoms with Crippen molar-refractivity contribution < 1.29 is 0 Å². The minimum absolute atomic E-state index is 0.554. The lowest BCUT2D eigenvalue weighted by Gasteiger charge is -2.08. The number of anilines is 2. The molecule has 84 valence electrons. The molecule has 2 aromatic rings. The van der Waals surface area contributed by atoms with Crippen molar-refractivity contribution in [1.29, 1.82) is 5.26 Å². The first kappa shape index (κ1) is 11.6. The Hall–Kier alpha value is -1.86. The van der Waals surface area contributed by atoms with Gasteiger partial charge in [-0.05, 0) is 52.7 Å². The lowest BCUT2D eigenvalue weighted by Crippen LogP contribution is -1.94. The quantitative estimate of drug-likeness (QED) is 0.915. The Balaban J connectivity index is 2.25. The molecule has 0 spiro atoms. The largest absolute Gasteiger partial charge is 0.339 e. The Bertz CT molecular complexity index is 570. The molecule has 0 saturated carbocycles. The summed E-state index contributed by atoms with van der Waals surface area (Å²) in [5, 5.41) is 11.9. The highest BCUT2D eigenvalue weighted by Gasteiger charge is 2.01. The van der Waals surface area contributed by atoms with Crippen molar-refractivity contribution in [1.82, 2.24) is 4.98 Å². The Kier molecular flexibility index (Phi) is 3.40. The zero-order chi connectivity index (χ0) is 12.3. The molecule has 2 rings (SSSR count). The number of pyridine rings is 1. The summed E-state index contributed by atoms with van der Waals surface area (Å²) in [4.78, 5) is 4.16. The van der Waals surface area contributed by atoms with Crippen LogP contribution in [0.1, 0.15) is 11.1 Å². The Morgan fingerprint density at radius 3 is 2.76 bits per heavy atom. The zero-order valence-electron chi connectivity index (χ0n) is 9.24. The number of hydrogen-bond donors (Lipinski definition) is 1. The molecule has 0 radical (unpaired) electrons. The summed E-state index contributed by atoms with van der Waals surface area (Å²) >= 11 is 3.47. The summed E-state index contributed by atoms with van der Waals surface area (Å²) in [6, 6.07) is 11.6. The Labute approximate surface area is 108 Å². The van der Waals surface area contributed by atoms with Gasteiger partial charge in [0.05, 0.1) is 11.3 Å². The van der Waals surface area contributed by atoms with Gasteiger partial charge < -0.3 is 5.32 Å². The van der Waals surface area contributed by atoms with Crippen molar-refractivity contribution in [3.63, 3.8) is 0 Å². The van der Waals surface area contributed by atoms with E-state index < -0.39 is 0 Å². The highest BCUT2D eigenvalue weighted by atomic mass is 79.9. The predicted octanol–water partition coefficient (Wildman–Crippen LogP) is 3.77. The average molecular weight is 288 g/mol. The summed E-state index contributed by atoms with van der Waals surface area (Å²) in [6.07, 6.45) is 1.55. The van der Waals surface area contributed by atoms with E-state index >= 15 is 0 Å². The molecular weight excluding hydrogens is 278 g/mol. The van der Waals surface area contributed by atoms with E-state index in [2.05, 4.69) is 26.2 Å². The highest BCUT2D eigenvalue weighted by Crippen LogP contribution is 2.25. The van der Waals surface area contributed by atoms with Crippen molar-refractivity contribution in [3.8, 4) is 6.07 Å². The highest BCUT2D eigenvalue weighted by molar-refractivity contribution is 9.10. The van der Waals surface area contributed by atoms with Crippen LogP contribution in [0.25, 0.3) is 0 Å². The van der Waals surface area contributed by atoms with Crippen molar-refractivity contribution in [3.05, 3.63) is 52.1 Å². The van der Waals surface area contributed by atoms with Gasteiger partial charge in [-0.3, -0.25) is 0 Å². The lowest BCUT2D eigenvalue weighted by molar-refractivity contribution is 1.28. The van der Waals surface area contributed by atoms with Crippen LogP contribution in [0.4, 0.5) is 11.5 Å². The van der Waals surface area contributed by atoms with E-state index in [0.717, 1.165) is 16.0 Å². The maximum atomic E-state index is 8.68. The molecule has 0 saturated heterocycles. The summed E-state index contributed by atoms with van der Waals surface area (Å²) in [5.74, 6) is 0.718. The van der Waals surface area contributed by atoms with E-state index in [0.29, 0.717) is 5.56 Å². The first-order chi connectivity index (χ1) is 8.19. The van der Waals surface area contributed by atoms with Crippen LogP contribution in [-0.4, -0.2) is 4.98 Å². The maximum absolute atomic E-state index is 8.68. The van der Waals surface area contributed by atoms with Crippen molar-refractivity contribution in [2.45, 2.75) is 6.92 Å². The number of rotatable bonds is 2. The van der Waals surface area contributed by atoms with E-state index in [1.54, 1.807) is 18.3 Å². The van der Waals surface area contributed by atoms with E-state index in [9.17, 15) is 0 Å². The first-order valence-electron chi connectivity index (χ1n) is 5.08. The topological polar surface area (TPSA) is 48.7 Å². The molecule has 1 N–H and O–H groups in total. The van der Waals surface area contributed by atoms with Crippen LogP contribution in [0.15, 0.2) is 41.0 Å². The van der Waals surface area contributed by atoms with Gasteiger partial charge in [0.15, 0.2) is 0 Å². The number of hydrogen-bond acceptors (Lipinski definition) is 3. The molecule has 0 aliphatic rings. The van der Waals surface area contributed by atoms with Crippen LogP contribution < -0.4 is 5.32 Å². The summed E-state index contributed by atoms with van der Waals surface area (Å²) in [6.45, 7) is 2.03. The van der Waals surface area contributed by atoms with Crippen LogP contribution in [0.2, 0.25) is 0 Å². The first-order valence-corrected chi connectivity index (χ1v) is 5.87. The standard InChI is InChI=1S/C13H10BrN3/c1-9-2-4-11(14)12(6-9)17-13-5-3-10(7-15)8-16-13/h2-6,8H,1H3,(H,16,17). The number of halogens is 1. The second kappa shape index (κ2) is 4.98. The number of nitriles is 1. The number of benzene rings is 1. The molecule has 3 nitrogen and oxygen atoms in total. The van der Waals surface area contributed by atoms with Crippen LogP contribution in [0.5, 0.6) is 0 Å². The van der Waals surface area contributed by atoms with E-state index in [4.69, 9.17) is 5.26 Å². The zero-order valence-corrected chi connectivity index (χ0v) is 10.8. The van der Waals surface area contributed by atoms with Crippen molar-refractivity contribution >= 4 is 27.4 Å². The fourth-order valence-corrected chi connectivity index (χ4v) is 1.75. The molecule has 0 aliphatic heterocycles. The van der Waals surface area contributed by atoms with Crippen LogP contribution in [0, 0.1) is 18.3 Å². The number of aryl methyl sites for hydroxylation is 1. The third-order valence-electron chi connectivity index (χ3n) is 2.28. The molecule has 0 amide bonds. The van der Waals surface area contributed by atoms with Crippen molar-refractivity contribution in [2.24, 2.45) is 0 Å². The third kappa shape index (κ3) is 2.83. The minimum atomic E-state index is 0.554. The second-order valence-electron chi connectivity index (χ2n) is 3.65. The molecule has 0 unspecified atom stereocenters. The SMILES string of the molecule is Cc1ccc(Br)c(Nc2ccc(C#N)cn2)c1. The minimum Gasteiger partial charge on any atom is -0.339 e. The van der Waals surface area contributed by atoms with Gasteiger partial charge in [-0.2, -0.15) is 5.26 Å². The average Bonchev–Trinajstić information content (AvgIpc) is 2.35. The molecule has 0 aliphatic carbocycles. The lowest BCUT2D eigenvalue weighted by atomic mass is 10.2. The van der Waals surface area contributed by atoms with E-state index in [1.807, 2.05) is 31.2 Å². The van der Waals surface area contributed by atoms with Crippen LogP contribution >= 0.6 is 15.9 Å². The molecule has 1 aromatic heterocycles. The van der Waals surface area contributed by atoms with Gasteiger partial charge in [-0.1, -0.05) is 6.07 Å². The van der Waals surface area contributed by atoms with Gasteiger partial charge in [-0.15, -0.1) is 0 Å². The second-order valence-corrected chi connectivity index (χ2v) is 4.51. The van der Waals surface area contributed by atoms with Gasteiger partial charge in [0, 0.05) is 10.7 Å². The normalized spacial score (nSPS) is 9.71. The smallest absolute Gasteiger partial charge is 0.130 e. The number of nitrogens with zero attached hydrogens (tertiary/aromatic N) is 2. The molecular formula is C13H10BrN3. The number of aromatic nitrogens is 1. The molecule has 0 atom stereocenters. The summed E-state index contributed by atoms with van der Waals surface area (Å²) < 4.78 is 0.981. The fourth-order valence-electron chi connectivity index (χ4n) is 1.41. The van der Waals surface area contributed by atoms with E-state index in [1.165, 1.54) is 5.56 Å². The Morgan fingerprint density at radius 2 is 2.12 bits per heavy atom. The van der Waals surface area contributed by atoms with Gasteiger partial charge in [0.25, 0.3) is 0 Å².